The lowest BCUT2D eigenvalue weighted by atomic mass is 10.0. The quantitative estimate of drug-likeness (QED) is 0.583. The number of Topliss-reactive ketones (excluding diaryl/α,β-unsaturated/α-hetero) is 1. The van der Waals surface area contributed by atoms with Crippen molar-refractivity contribution in [2.75, 3.05) is 18.5 Å². The maximum atomic E-state index is 12.5. The van der Waals surface area contributed by atoms with E-state index in [1.165, 1.54) is 0 Å². The summed E-state index contributed by atoms with van der Waals surface area (Å²) in [6.45, 7) is 1.20. The van der Waals surface area contributed by atoms with Gasteiger partial charge in [0.25, 0.3) is 0 Å². The standard InChI is InChI=1S/C25H23NO4/c27-22(20-9-7-19(8-10-20)18-5-2-1-3-6-18)12-14-25(28)26-21-11-13-23-24(17-21)30-16-4-15-29-23/h1-3,5-11,13,17H,4,12,14-16H2,(H,26,28). The minimum Gasteiger partial charge on any atom is -0.490 e. The van der Waals surface area contributed by atoms with E-state index in [2.05, 4.69) is 5.32 Å². The number of benzene rings is 3. The number of anilines is 1. The van der Waals surface area contributed by atoms with Crippen molar-refractivity contribution < 1.29 is 19.1 Å². The first-order chi connectivity index (χ1) is 14.7. The van der Waals surface area contributed by atoms with Crippen molar-refractivity contribution in [3.05, 3.63) is 78.4 Å². The van der Waals surface area contributed by atoms with Crippen molar-refractivity contribution in [2.45, 2.75) is 19.3 Å². The molecule has 1 aliphatic heterocycles. The zero-order chi connectivity index (χ0) is 20.8. The van der Waals surface area contributed by atoms with Crippen LogP contribution in [0.1, 0.15) is 29.6 Å². The molecule has 5 nitrogen and oxygen atoms in total. The van der Waals surface area contributed by atoms with Gasteiger partial charge in [-0.05, 0) is 23.3 Å². The van der Waals surface area contributed by atoms with Crippen LogP contribution in [0.3, 0.4) is 0 Å². The number of carbonyl (C=O) groups is 2. The number of nitrogens with one attached hydrogen (secondary N) is 1. The molecule has 3 aromatic rings. The number of ketones is 1. The number of hydrogen-bond acceptors (Lipinski definition) is 4. The molecule has 0 aromatic heterocycles. The first-order valence-corrected chi connectivity index (χ1v) is 10.1. The number of carbonyl (C=O) groups excluding carboxylic acids is 2. The average molecular weight is 401 g/mol. The Kier molecular flexibility index (Phi) is 6.09. The van der Waals surface area contributed by atoms with Gasteiger partial charge in [-0.1, -0.05) is 54.6 Å². The van der Waals surface area contributed by atoms with Crippen molar-refractivity contribution in [1.82, 2.24) is 0 Å². The van der Waals surface area contributed by atoms with E-state index >= 15 is 0 Å². The first kappa shape index (κ1) is 19.7. The van der Waals surface area contributed by atoms with E-state index in [4.69, 9.17) is 9.47 Å². The number of amides is 1. The summed E-state index contributed by atoms with van der Waals surface area (Å²) in [4.78, 5) is 24.8. The minimum absolute atomic E-state index is 0.0524. The molecule has 1 heterocycles. The van der Waals surface area contributed by atoms with Gasteiger partial charge in [-0.15, -0.1) is 0 Å². The van der Waals surface area contributed by atoms with Crippen LogP contribution in [0, 0.1) is 0 Å². The highest BCUT2D eigenvalue weighted by Gasteiger charge is 2.13. The second-order valence-electron chi connectivity index (χ2n) is 7.13. The predicted molar refractivity (Wildman–Crippen MR) is 116 cm³/mol. The van der Waals surface area contributed by atoms with Gasteiger partial charge in [0.05, 0.1) is 13.2 Å². The van der Waals surface area contributed by atoms with Gasteiger partial charge in [0.2, 0.25) is 5.91 Å². The largest absolute Gasteiger partial charge is 0.490 e. The molecular formula is C25H23NO4. The highest BCUT2D eigenvalue weighted by atomic mass is 16.5. The summed E-state index contributed by atoms with van der Waals surface area (Å²) in [6.07, 6.45) is 1.10. The Morgan fingerprint density at radius 1 is 0.767 bits per heavy atom. The molecule has 1 aliphatic rings. The summed E-state index contributed by atoms with van der Waals surface area (Å²) >= 11 is 0. The molecule has 0 saturated carbocycles. The van der Waals surface area contributed by atoms with Crippen molar-refractivity contribution in [2.24, 2.45) is 0 Å². The molecule has 1 N–H and O–H groups in total. The fourth-order valence-corrected chi connectivity index (χ4v) is 3.32. The Bertz CT molecular complexity index is 1030. The summed E-state index contributed by atoms with van der Waals surface area (Å²) in [5, 5.41) is 2.82. The summed E-state index contributed by atoms with van der Waals surface area (Å²) in [7, 11) is 0. The monoisotopic (exact) mass is 401 g/mol. The average Bonchev–Trinajstić information content (AvgIpc) is 3.03. The Morgan fingerprint density at radius 3 is 2.23 bits per heavy atom. The maximum Gasteiger partial charge on any atom is 0.224 e. The van der Waals surface area contributed by atoms with Gasteiger partial charge in [-0.25, -0.2) is 0 Å². The molecular weight excluding hydrogens is 378 g/mol. The van der Waals surface area contributed by atoms with Crippen molar-refractivity contribution in [3.63, 3.8) is 0 Å². The van der Waals surface area contributed by atoms with Crippen molar-refractivity contribution in [3.8, 4) is 22.6 Å². The van der Waals surface area contributed by atoms with Gasteiger partial charge in [0, 0.05) is 36.6 Å². The number of ether oxygens (including phenoxy) is 2. The van der Waals surface area contributed by atoms with E-state index in [1.807, 2.05) is 54.6 Å². The van der Waals surface area contributed by atoms with Gasteiger partial charge in [-0.3, -0.25) is 9.59 Å². The Labute approximate surface area is 175 Å². The van der Waals surface area contributed by atoms with Crippen LogP contribution in [-0.2, 0) is 4.79 Å². The van der Waals surface area contributed by atoms with Crippen molar-refractivity contribution >= 4 is 17.4 Å². The second-order valence-corrected chi connectivity index (χ2v) is 7.13. The van der Waals surface area contributed by atoms with Crippen LogP contribution in [0.15, 0.2) is 72.8 Å². The van der Waals surface area contributed by atoms with Crippen LogP contribution in [0.25, 0.3) is 11.1 Å². The van der Waals surface area contributed by atoms with E-state index in [1.54, 1.807) is 18.2 Å². The second kappa shape index (κ2) is 9.27. The van der Waals surface area contributed by atoms with Crippen LogP contribution >= 0.6 is 0 Å². The number of rotatable bonds is 6. The summed E-state index contributed by atoms with van der Waals surface area (Å²) in [5.74, 6) is 1.04. The lowest BCUT2D eigenvalue weighted by Gasteiger charge is -2.10. The van der Waals surface area contributed by atoms with Gasteiger partial charge >= 0.3 is 0 Å². The third kappa shape index (κ3) is 4.87. The van der Waals surface area contributed by atoms with Crippen LogP contribution in [0.2, 0.25) is 0 Å². The molecule has 0 bridgehead atoms. The lowest BCUT2D eigenvalue weighted by Crippen LogP contribution is -2.13. The normalized spacial score (nSPS) is 12.7. The van der Waals surface area contributed by atoms with E-state index in [0.717, 1.165) is 17.5 Å². The first-order valence-electron chi connectivity index (χ1n) is 10.1. The lowest BCUT2D eigenvalue weighted by molar-refractivity contribution is -0.116. The number of fused-ring (bicyclic) bond motifs is 1. The molecule has 5 heteroatoms. The van der Waals surface area contributed by atoms with Gasteiger partial charge < -0.3 is 14.8 Å². The van der Waals surface area contributed by atoms with Crippen LogP contribution < -0.4 is 14.8 Å². The van der Waals surface area contributed by atoms with Gasteiger partial charge in [0.15, 0.2) is 17.3 Å². The summed E-state index contributed by atoms with van der Waals surface area (Å²) < 4.78 is 11.2. The molecule has 0 radical (unpaired) electrons. The van der Waals surface area contributed by atoms with E-state index in [9.17, 15) is 9.59 Å². The topological polar surface area (TPSA) is 64.6 Å². The molecule has 0 atom stereocenters. The minimum atomic E-state index is -0.209. The molecule has 30 heavy (non-hydrogen) atoms. The summed E-state index contributed by atoms with van der Waals surface area (Å²) in [6, 6.07) is 22.8. The SMILES string of the molecule is O=C(CCC(=O)c1ccc(-c2ccccc2)cc1)Nc1ccc2c(c1)OCCCO2. The molecule has 0 spiro atoms. The van der Waals surface area contributed by atoms with Gasteiger partial charge in [0.1, 0.15) is 0 Å². The van der Waals surface area contributed by atoms with E-state index in [0.29, 0.717) is 36.0 Å². The van der Waals surface area contributed by atoms with Crippen molar-refractivity contribution in [1.29, 1.82) is 0 Å². The maximum absolute atomic E-state index is 12.5. The Balaban J connectivity index is 1.31. The molecule has 3 aromatic carbocycles. The van der Waals surface area contributed by atoms with Gasteiger partial charge in [-0.2, -0.15) is 0 Å². The molecule has 1 amide bonds. The molecule has 0 unspecified atom stereocenters. The zero-order valence-electron chi connectivity index (χ0n) is 16.6. The molecule has 4 rings (SSSR count). The Hall–Kier alpha value is -3.60. The molecule has 152 valence electrons. The van der Waals surface area contributed by atoms with E-state index < -0.39 is 0 Å². The summed E-state index contributed by atoms with van der Waals surface area (Å²) in [5.41, 5.74) is 3.40. The Morgan fingerprint density at radius 2 is 1.47 bits per heavy atom. The zero-order valence-corrected chi connectivity index (χ0v) is 16.6. The highest BCUT2D eigenvalue weighted by Crippen LogP contribution is 2.32. The molecule has 0 saturated heterocycles. The smallest absolute Gasteiger partial charge is 0.224 e. The fourth-order valence-electron chi connectivity index (χ4n) is 3.32. The molecule has 0 fully saturated rings. The molecule has 0 aliphatic carbocycles. The predicted octanol–water partition coefficient (Wildman–Crippen LogP) is 5.12. The van der Waals surface area contributed by atoms with Crippen LogP contribution in [-0.4, -0.2) is 24.9 Å². The van der Waals surface area contributed by atoms with E-state index in [-0.39, 0.29) is 24.5 Å². The number of hydrogen-bond donors (Lipinski definition) is 1. The third-order valence-electron chi connectivity index (χ3n) is 4.92. The van der Waals surface area contributed by atoms with Crippen LogP contribution in [0.4, 0.5) is 5.69 Å². The van der Waals surface area contributed by atoms with Crippen LogP contribution in [0.5, 0.6) is 11.5 Å². The fraction of sp³-hybridized carbons (Fsp3) is 0.200. The highest BCUT2D eigenvalue weighted by molar-refractivity contribution is 6.00. The third-order valence-corrected chi connectivity index (χ3v) is 4.92.